The van der Waals surface area contributed by atoms with E-state index in [4.69, 9.17) is 17.2 Å². The second-order valence-electron chi connectivity index (χ2n) is 10.8. The minimum atomic E-state index is -4.47. The quantitative estimate of drug-likeness (QED) is 0.173. The van der Waals surface area contributed by atoms with Crippen LogP contribution < -0.4 is 27.5 Å². The number of nitrogens with one attached hydrogen (secondary N) is 2. The minimum Gasteiger partial charge on any atom is -0.345 e. The number of nitrogens with zero attached hydrogens (tertiary/aromatic N) is 1. The number of hydrogen-bond acceptors (Lipinski definition) is 5. The Morgan fingerprint density at radius 3 is 2.04 bits per heavy atom. The smallest absolute Gasteiger partial charge is 0.345 e. The number of carbonyl (C=O) groups is 2. The van der Waals surface area contributed by atoms with Crippen molar-refractivity contribution in [1.82, 2.24) is 5.32 Å². The largest absolute Gasteiger partial charge is 0.416 e. The van der Waals surface area contributed by atoms with Gasteiger partial charge in [0.1, 0.15) is 0 Å². The number of quaternary nitrogens is 1. The van der Waals surface area contributed by atoms with Crippen LogP contribution in [0.25, 0.3) is 10.9 Å². The van der Waals surface area contributed by atoms with Crippen LogP contribution in [0.3, 0.4) is 0 Å². The fourth-order valence-electron chi connectivity index (χ4n) is 4.97. The first-order valence-corrected chi connectivity index (χ1v) is 13.8. The molecule has 0 saturated carbocycles. The highest BCUT2D eigenvalue weighted by Crippen LogP contribution is 2.29. The van der Waals surface area contributed by atoms with Crippen molar-refractivity contribution in [2.24, 2.45) is 17.2 Å². The van der Waals surface area contributed by atoms with Gasteiger partial charge in [0.05, 0.1) is 44.3 Å². The molecule has 16 heteroatoms. The Morgan fingerprint density at radius 2 is 1.48 bits per heavy atom. The minimum absolute atomic E-state index is 0. The summed E-state index contributed by atoms with van der Waals surface area (Å²) in [6.07, 6.45) is -1.61. The van der Waals surface area contributed by atoms with Crippen LogP contribution in [0.4, 0.5) is 13.2 Å². The lowest BCUT2D eigenvalue weighted by Crippen LogP contribution is -2.52. The number of rotatable bonds is 15. The Morgan fingerprint density at radius 1 is 0.891 bits per heavy atom. The predicted molar refractivity (Wildman–Crippen MR) is 189 cm³/mol. The molecule has 1 amide bonds. The molecule has 3 aromatic rings. The van der Waals surface area contributed by atoms with E-state index in [2.05, 4.69) is 17.3 Å². The molecule has 0 unspecified atom stereocenters. The van der Waals surface area contributed by atoms with E-state index >= 15 is 0 Å². The van der Waals surface area contributed by atoms with Crippen LogP contribution in [-0.4, -0.2) is 68.0 Å². The van der Waals surface area contributed by atoms with Crippen molar-refractivity contribution in [2.75, 3.05) is 39.8 Å². The molecule has 0 spiro atoms. The van der Waals surface area contributed by atoms with Gasteiger partial charge in [-0.2, -0.15) is 13.2 Å². The summed E-state index contributed by atoms with van der Waals surface area (Å²) in [4.78, 5) is 29.7. The van der Waals surface area contributed by atoms with Gasteiger partial charge in [-0.15, -0.1) is 62.0 Å². The molecule has 0 aliphatic rings. The molecule has 0 aliphatic carbocycles. The Labute approximate surface area is 299 Å². The Kier molecular flexibility index (Phi) is 23.8. The number of pyridine rings is 1. The van der Waals surface area contributed by atoms with Gasteiger partial charge < -0.3 is 27.0 Å². The number of alkyl halides is 3. The van der Waals surface area contributed by atoms with E-state index in [0.717, 1.165) is 48.2 Å². The average Bonchev–Trinajstić information content (AvgIpc) is 2.92. The first kappa shape index (κ1) is 48.5. The highest BCUT2D eigenvalue weighted by atomic mass is 35.5. The zero-order valence-corrected chi connectivity index (χ0v) is 29.5. The number of halogens is 8. The van der Waals surface area contributed by atoms with E-state index < -0.39 is 29.7 Å². The Bertz CT molecular complexity index is 1320. The summed E-state index contributed by atoms with van der Waals surface area (Å²) in [5.74, 6) is -0.753. The van der Waals surface area contributed by atoms with E-state index in [1.807, 2.05) is 30.3 Å². The summed E-state index contributed by atoms with van der Waals surface area (Å²) in [6.45, 7) is 3.31. The third-order valence-electron chi connectivity index (χ3n) is 7.41. The lowest BCUT2D eigenvalue weighted by molar-refractivity contribution is -0.907. The van der Waals surface area contributed by atoms with Gasteiger partial charge in [-0.1, -0.05) is 24.3 Å². The molecular weight excluding hydrogens is 711 g/mol. The van der Waals surface area contributed by atoms with E-state index in [9.17, 15) is 22.8 Å². The summed E-state index contributed by atoms with van der Waals surface area (Å²) < 4.78 is 39.8. The summed E-state index contributed by atoms with van der Waals surface area (Å²) in [6, 6.07) is 12.3. The third-order valence-corrected chi connectivity index (χ3v) is 7.41. The molecule has 1 heterocycles. The van der Waals surface area contributed by atoms with Crippen LogP contribution in [0.2, 0.25) is 0 Å². The molecule has 2 atom stereocenters. The van der Waals surface area contributed by atoms with Gasteiger partial charge in [-0.3, -0.25) is 9.59 Å². The number of fused-ring (bicyclic) bond motifs is 1. The molecule has 3 rings (SSSR count). The number of aromatic amines is 1. The zero-order valence-electron chi connectivity index (χ0n) is 25.5. The van der Waals surface area contributed by atoms with E-state index in [1.54, 1.807) is 6.20 Å². The van der Waals surface area contributed by atoms with Gasteiger partial charge in [0, 0.05) is 36.5 Å². The fourth-order valence-corrected chi connectivity index (χ4v) is 4.97. The highest BCUT2D eigenvalue weighted by Gasteiger charge is 2.31. The number of H-pyrrole nitrogens is 1. The lowest BCUT2D eigenvalue weighted by atomic mass is 9.96. The van der Waals surface area contributed by atoms with Gasteiger partial charge in [0.2, 0.25) is 11.4 Å². The molecule has 1 aromatic heterocycles. The van der Waals surface area contributed by atoms with Crippen LogP contribution in [0, 0.1) is 0 Å². The van der Waals surface area contributed by atoms with Gasteiger partial charge >= 0.3 is 6.18 Å². The molecule has 8 N–H and O–H groups in total. The monoisotopic (exact) mass is 754 g/mol. The number of ketones is 1. The number of carbonyl (C=O) groups excluding carboxylic acids is 2. The first-order chi connectivity index (χ1) is 19.4. The summed E-state index contributed by atoms with van der Waals surface area (Å²) in [5, 5.41) is 3.70. The maximum atomic E-state index is 13.5. The van der Waals surface area contributed by atoms with E-state index in [0.29, 0.717) is 36.0 Å². The number of likely N-dealkylation sites (N-methyl/N-ethyl adjacent to an activating group) is 1. The van der Waals surface area contributed by atoms with Crippen molar-refractivity contribution in [2.45, 2.75) is 43.9 Å². The van der Waals surface area contributed by atoms with Crippen molar-refractivity contribution in [3.63, 3.8) is 0 Å². The van der Waals surface area contributed by atoms with Crippen LogP contribution in [0.1, 0.15) is 29.5 Å². The predicted octanol–water partition coefficient (Wildman–Crippen LogP) is 4.09. The third kappa shape index (κ3) is 14.9. The molecule has 8 nitrogen and oxygen atoms in total. The average molecular weight is 757 g/mol. The number of nitrogens with two attached hydrogens (primary N) is 3. The number of aromatic nitrogens is 1. The van der Waals surface area contributed by atoms with E-state index in [-0.39, 0.29) is 80.7 Å². The number of para-hydroxylation sites is 1. The second kappa shape index (κ2) is 22.6. The van der Waals surface area contributed by atoms with Crippen molar-refractivity contribution in [3.8, 4) is 0 Å². The maximum absolute atomic E-state index is 13.5. The molecule has 0 radical (unpaired) electrons. The second-order valence-corrected chi connectivity index (χ2v) is 10.8. The normalized spacial score (nSPS) is 12.2. The van der Waals surface area contributed by atoms with Crippen molar-refractivity contribution >= 4 is 84.6 Å². The van der Waals surface area contributed by atoms with Gasteiger partial charge in [-0.25, -0.2) is 4.98 Å². The van der Waals surface area contributed by atoms with Gasteiger partial charge in [0.25, 0.3) is 0 Å². The number of benzene rings is 2. The zero-order chi connectivity index (χ0) is 30.0. The number of hydrogen-bond donors (Lipinski definition) is 4. The van der Waals surface area contributed by atoms with Crippen molar-refractivity contribution in [1.29, 1.82) is 0 Å². The first-order valence-electron chi connectivity index (χ1n) is 13.8. The molecular formula is C30H46Cl5F3N6O2+2. The Balaban J connectivity index is -0.00000370. The molecule has 2 aromatic carbocycles. The van der Waals surface area contributed by atoms with Gasteiger partial charge in [-0.05, 0) is 49.1 Å². The van der Waals surface area contributed by atoms with Crippen LogP contribution >= 0.6 is 62.0 Å². The number of Topliss-reactive ketones (excluding diaryl/α,β-unsaturated/α-hetero) is 1. The molecule has 46 heavy (non-hydrogen) atoms. The summed E-state index contributed by atoms with van der Waals surface area (Å²) in [7, 11) is 2.06. The summed E-state index contributed by atoms with van der Waals surface area (Å²) in [5.41, 5.74) is 19.1. The fraction of sp³-hybridized carbons (Fsp3) is 0.433. The molecule has 0 aliphatic heterocycles. The van der Waals surface area contributed by atoms with Crippen molar-refractivity contribution in [3.05, 3.63) is 77.5 Å². The SMILES string of the molecule is C[N+](CCN)(CCN)CCC[C@H](N)C(=O)N[C@@H](Cc1ccc(C(F)(F)F)cc1)C(=O)Cc1c[nH+]c2ccccc2c1.Cl.Cl.Cl.Cl.Cl. The Hall–Kier alpha value is -1.93. The van der Waals surface area contributed by atoms with Crippen LogP contribution in [0.5, 0.6) is 0 Å². The maximum Gasteiger partial charge on any atom is 0.416 e. The van der Waals surface area contributed by atoms with E-state index in [1.165, 1.54) is 12.1 Å². The van der Waals surface area contributed by atoms with Crippen LogP contribution in [0.15, 0.2) is 60.8 Å². The molecule has 262 valence electrons. The lowest BCUT2D eigenvalue weighted by Gasteiger charge is -2.34. The number of amides is 1. The van der Waals surface area contributed by atoms with Crippen molar-refractivity contribution < 1.29 is 32.2 Å². The van der Waals surface area contributed by atoms with Crippen LogP contribution in [-0.2, 0) is 28.6 Å². The molecule has 0 fully saturated rings. The standard InChI is InChI=1S/C30H39F3N6O2.5ClH/c1-39(15-12-34,16-13-35)14-4-6-25(36)29(41)38-27(18-21-8-10-24(11-9-21)30(31,32)33)28(40)19-22-17-23-5-2-3-7-26(23)37-20-22;;;;;/h2-3,5,7-11,17,20,25,27H,4,6,12-16,18-19,34-36H2,1H3;5*1H/p+2/t25-,27-;;;;;/m0...../s1. The topological polar surface area (TPSA) is 138 Å². The summed E-state index contributed by atoms with van der Waals surface area (Å²) >= 11 is 0. The highest BCUT2D eigenvalue weighted by molar-refractivity contribution is 5.92. The molecule has 0 bridgehead atoms. The van der Waals surface area contributed by atoms with Gasteiger partial charge in [0.15, 0.2) is 12.0 Å². The molecule has 0 saturated heterocycles.